The molecular weight excluding hydrogens is 294 g/mol. The third-order valence-electron chi connectivity index (χ3n) is 4.02. The van der Waals surface area contributed by atoms with E-state index >= 15 is 0 Å². The highest BCUT2D eigenvalue weighted by molar-refractivity contribution is 5.93. The minimum absolute atomic E-state index is 0.0708. The number of hydrogen-bond donors (Lipinski definition) is 1. The standard InChI is InChI=1S/C17H21N3O3/c1-12-16(13(2)23-19-12)11-17(21)18-14-4-3-5-15(10-14)20-6-8-22-9-7-20/h3-5,10H,6-9,11H2,1-2H3,(H,18,21). The Kier molecular flexibility index (Phi) is 4.62. The van der Waals surface area contributed by atoms with Gasteiger partial charge >= 0.3 is 0 Å². The number of aryl methyl sites for hydroxylation is 2. The van der Waals surface area contributed by atoms with Crippen LogP contribution in [0.4, 0.5) is 11.4 Å². The largest absolute Gasteiger partial charge is 0.378 e. The van der Waals surface area contributed by atoms with Crippen molar-refractivity contribution in [3.05, 3.63) is 41.3 Å². The summed E-state index contributed by atoms with van der Waals surface area (Å²) < 4.78 is 10.5. The van der Waals surface area contributed by atoms with E-state index in [-0.39, 0.29) is 12.3 Å². The van der Waals surface area contributed by atoms with Crippen molar-refractivity contribution in [1.82, 2.24) is 5.16 Å². The Morgan fingerprint density at radius 1 is 1.30 bits per heavy atom. The van der Waals surface area contributed by atoms with Crippen LogP contribution in [0.2, 0.25) is 0 Å². The van der Waals surface area contributed by atoms with Crippen LogP contribution in [0.15, 0.2) is 28.8 Å². The van der Waals surface area contributed by atoms with Crippen molar-refractivity contribution < 1.29 is 14.1 Å². The Labute approximate surface area is 135 Å². The van der Waals surface area contributed by atoms with Crippen molar-refractivity contribution in [2.24, 2.45) is 0 Å². The van der Waals surface area contributed by atoms with E-state index in [4.69, 9.17) is 9.26 Å². The van der Waals surface area contributed by atoms with E-state index in [0.29, 0.717) is 5.76 Å². The number of aromatic nitrogens is 1. The van der Waals surface area contributed by atoms with Gasteiger partial charge in [0.25, 0.3) is 0 Å². The van der Waals surface area contributed by atoms with E-state index in [1.807, 2.05) is 32.0 Å². The molecule has 1 aromatic carbocycles. The number of hydrogen-bond acceptors (Lipinski definition) is 5. The molecule has 0 unspecified atom stereocenters. The second kappa shape index (κ2) is 6.83. The lowest BCUT2D eigenvalue weighted by Gasteiger charge is -2.29. The first-order valence-electron chi connectivity index (χ1n) is 7.78. The second-order valence-corrected chi connectivity index (χ2v) is 5.68. The number of amides is 1. The van der Waals surface area contributed by atoms with Crippen LogP contribution < -0.4 is 10.2 Å². The molecule has 122 valence electrons. The minimum Gasteiger partial charge on any atom is -0.378 e. The molecule has 2 aromatic rings. The highest BCUT2D eigenvalue weighted by atomic mass is 16.5. The summed E-state index contributed by atoms with van der Waals surface area (Å²) >= 11 is 0. The molecule has 6 heteroatoms. The average molecular weight is 315 g/mol. The van der Waals surface area contributed by atoms with E-state index in [0.717, 1.165) is 48.9 Å². The predicted octanol–water partition coefficient (Wildman–Crippen LogP) is 2.31. The summed E-state index contributed by atoms with van der Waals surface area (Å²) in [6.45, 7) is 6.89. The Morgan fingerprint density at radius 2 is 2.09 bits per heavy atom. The predicted molar refractivity (Wildman–Crippen MR) is 87.8 cm³/mol. The maximum absolute atomic E-state index is 12.3. The number of anilines is 2. The van der Waals surface area contributed by atoms with Gasteiger partial charge in [0, 0.05) is 30.0 Å². The van der Waals surface area contributed by atoms with E-state index in [1.165, 1.54) is 0 Å². The maximum atomic E-state index is 12.3. The summed E-state index contributed by atoms with van der Waals surface area (Å²) in [7, 11) is 0. The Bertz CT molecular complexity index is 671. The van der Waals surface area contributed by atoms with Gasteiger partial charge in [-0.2, -0.15) is 0 Å². The van der Waals surface area contributed by atoms with E-state index < -0.39 is 0 Å². The second-order valence-electron chi connectivity index (χ2n) is 5.68. The van der Waals surface area contributed by atoms with Crippen molar-refractivity contribution in [3.63, 3.8) is 0 Å². The van der Waals surface area contributed by atoms with Gasteiger partial charge in [0.05, 0.1) is 25.3 Å². The SMILES string of the molecule is Cc1noc(C)c1CC(=O)Nc1cccc(N2CCOCC2)c1. The summed E-state index contributed by atoms with van der Waals surface area (Å²) in [5, 5.41) is 6.83. The molecular formula is C17H21N3O3. The topological polar surface area (TPSA) is 67.6 Å². The summed E-state index contributed by atoms with van der Waals surface area (Å²) in [5.74, 6) is 0.623. The molecule has 0 saturated carbocycles. The summed E-state index contributed by atoms with van der Waals surface area (Å²) in [4.78, 5) is 14.5. The molecule has 2 heterocycles. The smallest absolute Gasteiger partial charge is 0.229 e. The number of rotatable bonds is 4. The van der Waals surface area contributed by atoms with Crippen molar-refractivity contribution in [2.45, 2.75) is 20.3 Å². The van der Waals surface area contributed by atoms with Crippen molar-refractivity contribution in [2.75, 3.05) is 36.5 Å². The lowest BCUT2D eigenvalue weighted by Crippen LogP contribution is -2.36. The van der Waals surface area contributed by atoms with Crippen LogP contribution in [0, 0.1) is 13.8 Å². The first-order chi connectivity index (χ1) is 11.1. The summed E-state index contributed by atoms with van der Waals surface area (Å²) in [5.41, 5.74) is 3.51. The van der Waals surface area contributed by atoms with E-state index in [2.05, 4.69) is 21.4 Å². The Hall–Kier alpha value is -2.34. The number of nitrogens with zero attached hydrogens (tertiary/aromatic N) is 2. The molecule has 3 rings (SSSR count). The third-order valence-corrected chi connectivity index (χ3v) is 4.02. The quantitative estimate of drug-likeness (QED) is 0.938. The molecule has 1 aliphatic rings. The Morgan fingerprint density at radius 3 is 2.78 bits per heavy atom. The summed E-state index contributed by atoms with van der Waals surface area (Å²) in [6, 6.07) is 7.90. The molecule has 23 heavy (non-hydrogen) atoms. The average Bonchev–Trinajstić information content (AvgIpc) is 2.88. The van der Waals surface area contributed by atoms with Gasteiger partial charge in [-0.3, -0.25) is 4.79 Å². The van der Waals surface area contributed by atoms with Crippen LogP contribution in [-0.4, -0.2) is 37.4 Å². The van der Waals surface area contributed by atoms with Gasteiger partial charge in [-0.25, -0.2) is 0 Å². The zero-order valence-electron chi connectivity index (χ0n) is 13.5. The molecule has 1 aliphatic heterocycles. The first kappa shape index (κ1) is 15.6. The minimum atomic E-state index is -0.0708. The van der Waals surface area contributed by atoms with Gasteiger partial charge < -0.3 is 19.5 Å². The van der Waals surface area contributed by atoms with Crippen molar-refractivity contribution >= 4 is 17.3 Å². The zero-order chi connectivity index (χ0) is 16.2. The number of benzene rings is 1. The molecule has 0 radical (unpaired) electrons. The Balaban J connectivity index is 1.66. The van der Waals surface area contributed by atoms with Crippen LogP contribution in [0.3, 0.4) is 0 Å². The molecule has 0 aliphatic carbocycles. The third kappa shape index (κ3) is 3.71. The lowest BCUT2D eigenvalue weighted by molar-refractivity contribution is -0.115. The molecule has 1 N–H and O–H groups in total. The fourth-order valence-electron chi connectivity index (χ4n) is 2.72. The fraction of sp³-hybridized carbons (Fsp3) is 0.412. The monoisotopic (exact) mass is 315 g/mol. The normalized spacial score (nSPS) is 14.8. The van der Waals surface area contributed by atoms with Crippen LogP contribution in [0.1, 0.15) is 17.0 Å². The number of morpholine rings is 1. The van der Waals surface area contributed by atoms with Gasteiger partial charge in [0.1, 0.15) is 5.76 Å². The van der Waals surface area contributed by atoms with Gasteiger partial charge in [-0.1, -0.05) is 11.2 Å². The zero-order valence-corrected chi connectivity index (χ0v) is 13.5. The van der Waals surface area contributed by atoms with Crippen molar-refractivity contribution in [1.29, 1.82) is 0 Å². The molecule has 1 amide bonds. The van der Waals surface area contributed by atoms with E-state index in [9.17, 15) is 4.79 Å². The van der Waals surface area contributed by atoms with E-state index in [1.54, 1.807) is 0 Å². The highest BCUT2D eigenvalue weighted by Gasteiger charge is 2.15. The molecule has 1 aromatic heterocycles. The fourth-order valence-corrected chi connectivity index (χ4v) is 2.72. The molecule has 1 fully saturated rings. The molecule has 0 bridgehead atoms. The van der Waals surface area contributed by atoms with Gasteiger partial charge in [-0.15, -0.1) is 0 Å². The lowest BCUT2D eigenvalue weighted by atomic mass is 10.1. The number of carbonyl (C=O) groups excluding carboxylic acids is 1. The number of ether oxygens (including phenoxy) is 1. The first-order valence-corrected chi connectivity index (χ1v) is 7.78. The number of nitrogens with one attached hydrogen (secondary N) is 1. The molecule has 6 nitrogen and oxygen atoms in total. The van der Waals surface area contributed by atoms with Gasteiger partial charge in [0.15, 0.2) is 0 Å². The highest BCUT2D eigenvalue weighted by Crippen LogP contribution is 2.21. The van der Waals surface area contributed by atoms with Crippen LogP contribution in [0.25, 0.3) is 0 Å². The maximum Gasteiger partial charge on any atom is 0.229 e. The van der Waals surface area contributed by atoms with Crippen LogP contribution in [-0.2, 0) is 16.0 Å². The molecule has 0 atom stereocenters. The van der Waals surface area contributed by atoms with Crippen LogP contribution in [0.5, 0.6) is 0 Å². The van der Waals surface area contributed by atoms with Gasteiger partial charge in [0.2, 0.25) is 5.91 Å². The molecule has 0 spiro atoms. The summed E-state index contributed by atoms with van der Waals surface area (Å²) in [6.07, 6.45) is 0.267. The number of carbonyl (C=O) groups is 1. The van der Waals surface area contributed by atoms with Gasteiger partial charge in [-0.05, 0) is 32.0 Å². The van der Waals surface area contributed by atoms with Crippen molar-refractivity contribution in [3.8, 4) is 0 Å². The van der Waals surface area contributed by atoms with Crippen LogP contribution >= 0.6 is 0 Å². The molecule has 1 saturated heterocycles.